The van der Waals surface area contributed by atoms with Gasteiger partial charge in [-0.15, -0.1) is 0 Å². The quantitative estimate of drug-likeness (QED) is 0.228. The zero-order chi connectivity index (χ0) is 21.7. The Kier molecular flexibility index (Phi) is 17.2. The van der Waals surface area contributed by atoms with E-state index in [1.165, 1.54) is 102 Å². The molecule has 3 heteroatoms. The SMILES string of the molecule is CCCCCCCCCCCCCCCCCCCOC(=O)Nc1ccc(C)cc1. The minimum Gasteiger partial charge on any atom is -0.449 e. The molecule has 1 aromatic carbocycles. The molecule has 172 valence electrons. The zero-order valence-corrected chi connectivity index (χ0v) is 19.9. The molecule has 0 fully saturated rings. The first-order valence-corrected chi connectivity index (χ1v) is 12.7. The highest BCUT2D eigenvalue weighted by atomic mass is 16.5. The van der Waals surface area contributed by atoms with Crippen LogP contribution in [0.1, 0.15) is 122 Å². The lowest BCUT2D eigenvalue weighted by molar-refractivity contribution is 0.159. The lowest BCUT2D eigenvalue weighted by Gasteiger charge is -2.07. The Labute approximate surface area is 186 Å². The molecule has 0 aliphatic heterocycles. The fraction of sp³-hybridized carbons (Fsp3) is 0.741. The smallest absolute Gasteiger partial charge is 0.411 e. The monoisotopic (exact) mass is 417 g/mol. The molecule has 0 aliphatic carbocycles. The van der Waals surface area contributed by atoms with Gasteiger partial charge in [0.25, 0.3) is 0 Å². The van der Waals surface area contributed by atoms with Gasteiger partial charge in [-0.2, -0.15) is 0 Å². The number of nitrogens with one attached hydrogen (secondary N) is 1. The number of carbonyl (C=O) groups excluding carboxylic acids is 1. The number of aryl methyl sites for hydroxylation is 1. The summed E-state index contributed by atoms with van der Waals surface area (Å²) in [5, 5.41) is 2.76. The van der Waals surface area contributed by atoms with Crippen molar-refractivity contribution in [1.82, 2.24) is 0 Å². The topological polar surface area (TPSA) is 38.3 Å². The van der Waals surface area contributed by atoms with Gasteiger partial charge in [-0.05, 0) is 25.5 Å². The van der Waals surface area contributed by atoms with E-state index >= 15 is 0 Å². The van der Waals surface area contributed by atoms with Gasteiger partial charge in [-0.3, -0.25) is 5.32 Å². The summed E-state index contributed by atoms with van der Waals surface area (Å²) in [6.07, 6.45) is 22.7. The van der Waals surface area contributed by atoms with Crippen LogP contribution >= 0.6 is 0 Å². The van der Waals surface area contributed by atoms with Crippen LogP contribution in [0.15, 0.2) is 24.3 Å². The van der Waals surface area contributed by atoms with E-state index in [4.69, 9.17) is 4.74 Å². The van der Waals surface area contributed by atoms with Crippen molar-refractivity contribution >= 4 is 11.8 Å². The largest absolute Gasteiger partial charge is 0.449 e. The van der Waals surface area contributed by atoms with Gasteiger partial charge in [-0.1, -0.05) is 127 Å². The highest BCUT2D eigenvalue weighted by Gasteiger charge is 2.02. The molecule has 0 bridgehead atoms. The first-order valence-electron chi connectivity index (χ1n) is 12.7. The Bertz CT molecular complexity index is 512. The molecular weight excluding hydrogens is 370 g/mol. The van der Waals surface area contributed by atoms with E-state index in [-0.39, 0.29) is 6.09 Å². The summed E-state index contributed by atoms with van der Waals surface area (Å²) in [4.78, 5) is 11.7. The first-order chi connectivity index (χ1) is 14.7. The first kappa shape index (κ1) is 26.5. The second kappa shape index (κ2) is 19.5. The Hall–Kier alpha value is -1.51. The van der Waals surface area contributed by atoms with Gasteiger partial charge in [0.2, 0.25) is 0 Å². The summed E-state index contributed by atoms with van der Waals surface area (Å²) in [6, 6.07) is 7.75. The Morgan fingerprint density at radius 1 is 0.667 bits per heavy atom. The molecule has 0 unspecified atom stereocenters. The maximum Gasteiger partial charge on any atom is 0.411 e. The summed E-state index contributed by atoms with van der Waals surface area (Å²) >= 11 is 0. The maximum absolute atomic E-state index is 11.7. The minimum atomic E-state index is -0.352. The molecule has 0 saturated carbocycles. The number of amides is 1. The maximum atomic E-state index is 11.7. The predicted octanol–water partition coefficient (Wildman–Crippen LogP) is 9.20. The summed E-state index contributed by atoms with van der Waals surface area (Å²) in [5.74, 6) is 0. The van der Waals surface area contributed by atoms with E-state index in [0.29, 0.717) is 6.61 Å². The van der Waals surface area contributed by atoms with Gasteiger partial charge in [-0.25, -0.2) is 4.79 Å². The van der Waals surface area contributed by atoms with Crippen LogP contribution in [-0.4, -0.2) is 12.7 Å². The number of carbonyl (C=O) groups is 1. The minimum absolute atomic E-state index is 0.352. The van der Waals surface area contributed by atoms with E-state index < -0.39 is 0 Å². The van der Waals surface area contributed by atoms with Crippen molar-refractivity contribution in [2.75, 3.05) is 11.9 Å². The molecule has 0 heterocycles. The van der Waals surface area contributed by atoms with E-state index in [2.05, 4.69) is 12.2 Å². The molecule has 1 rings (SSSR count). The molecule has 0 aromatic heterocycles. The average molecular weight is 418 g/mol. The lowest BCUT2D eigenvalue weighted by Crippen LogP contribution is -2.14. The van der Waals surface area contributed by atoms with Gasteiger partial charge in [0.15, 0.2) is 0 Å². The third-order valence-corrected chi connectivity index (χ3v) is 5.78. The van der Waals surface area contributed by atoms with E-state index in [1.54, 1.807) is 0 Å². The van der Waals surface area contributed by atoms with Crippen LogP contribution in [0.3, 0.4) is 0 Å². The van der Waals surface area contributed by atoms with Gasteiger partial charge in [0.1, 0.15) is 0 Å². The van der Waals surface area contributed by atoms with Crippen molar-refractivity contribution in [1.29, 1.82) is 0 Å². The van der Waals surface area contributed by atoms with Gasteiger partial charge in [0, 0.05) is 5.69 Å². The number of hydrogen-bond acceptors (Lipinski definition) is 2. The highest BCUT2D eigenvalue weighted by molar-refractivity contribution is 5.84. The van der Waals surface area contributed by atoms with E-state index in [0.717, 1.165) is 18.5 Å². The Morgan fingerprint density at radius 2 is 1.07 bits per heavy atom. The molecule has 0 aliphatic rings. The van der Waals surface area contributed by atoms with Crippen LogP contribution in [-0.2, 0) is 4.74 Å². The average Bonchev–Trinajstić information content (AvgIpc) is 2.74. The molecular formula is C27H47NO2. The van der Waals surface area contributed by atoms with E-state index in [9.17, 15) is 4.79 Å². The molecule has 0 saturated heterocycles. The summed E-state index contributed by atoms with van der Waals surface area (Å²) in [6.45, 7) is 4.82. The van der Waals surface area contributed by atoms with Crippen LogP contribution < -0.4 is 5.32 Å². The fourth-order valence-corrected chi connectivity index (χ4v) is 3.78. The Balaban J connectivity index is 1.76. The van der Waals surface area contributed by atoms with Crippen molar-refractivity contribution in [3.63, 3.8) is 0 Å². The van der Waals surface area contributed by atoms with Gasteiger partial charge >= 0.3 is 6.09 Å². The summed E-state index contributed by atoms with van der Waals surface area (Å²) in [5.41, 5.74) is 1.96. The molecule has 0 atom stereocenters. The van der Waals surface area contributed by atoms with E-state index in [1.807, 2.05) is 31.2 Å². The number of unbranched alkanes of at least 4 members (excludes halogenated alkanes) is 16. The molecule has 0 spiro atoms. The van der Waals surface area contributed by atoms with Crippen LogP contribution in [0.25, 0.3) is 0 Å². The normalized spacial score (nSPS) is 10.9. The lowest BCUT2D eigenvalue weighted by atomic mass is 10.0. The number of anilines is 1. The molecule has 0 radical (unpaired) electrons. The summed E-state index contributed by atoms with van der Waals surface area (Å²) < 4.78 is 5.25. The highest BCUT2D eigenvalue weighted by Crippen LogP contribution is 2.14. The van der Waals surface area contributed by atoms with Crippen LogP contribution in [0.2, 0.25) is 0 Å². The molecule has 1 N–H and O–H groups in total. The second-order valence-electron chi connectivity index (χ2n) is 8.78. The van der Waals surface area contributed by atoms with Crippen LogP contribution in [0, 0.1) is 6.92 Å². The molecule has 1 aromatic rings. The van der Waals surface area contributed by atoms with Crippen molar-refractivity contribution in [3.05, 3.63) is 29.8 Å². The van der Waals surface area contributed by atoms with Crippen molar-refractivity contribution in [2.45, 2.75) is 123 Å². The predicted molar refractivity (Wildman–Crippen MR) is 130 cm³/mol. The third kappa shape index (κ3) is 16.3. The Morgan fingerprint density at radius 3 is 1.50 bits per heavy atom. The number of ether oxygens (including phenoxy) is 1. The standard InChI is InChI=1S/C27H47NO2/c1-3-4-5-6-7-8-9-10-11-12-13-14-15-16-17-18-19-24-30-27(29)28-26-22-20-25(2)21-23-26/h20-23H,3-19,24H2,1-2H3,(H,28,29). The van der Waals surface area contributed by atoms with Crippen LogP contribution in [0.5, 0.6) is 0 Å². The fourth-order valence-electron chi connectivity index (χ4n) is 3.78. The van der Waals surface area contributed by atoms with Gasteiger partial charge < -0.3 is 4.74 Å². The van der Waals surface area contributed by atoms with Gasteiger partial charge in [0.05, 0.1) is 6.61 Å². The third-order valence-electron chi connectivity index (χ3n) is 5.78. The molecule has 3 nitrogen and oxygen atoms in total. The zero-order valence-electron chi connectivity index (χ0n) is 19.9. The number of benzene rings is 1. The summed E-state index contributed by atoms with van der Waals surface area (Å²) in [7, 11) is 0. The molecule has 1 amide bonds. The van der Waals surface area contributed by atoms with Crippen molar-refractivity contribution in [3.8, 4) is 0 Å². The second-order valence-corrected chi connectivity index (χ2v) is 8.78. The number of rotatable bonds is 19. The number of hydrogen-bond donors (Lipinski definition) is 1. The van der Waals surface area contributed by atoms with Crippen molar-refractivity contribution < 1.29 is 9.53 Å². The van der Waals surface area contributed by atoms with Crippen LogP contribution in [0.4, 0.5) is 10.5 Å². The molecule has 30 heavy (non-hydrogen) atoms. The van der Waals surface area contributed by atoms with Crippen molar-refractivity contribution in [2.24, 2.45) is 0 Å².